The van der Waals surface area contributed by atoms with E-state index in [-0.39, 0.29) is 6.04 Å². The average molecular weight is 373 g/mol. The largest absolute Gasteiger partial charge is 0.370 e. The predicted molar refractivity (Wildman–Crippen MR) is 111 cm³/mol. The van der Waals surface area contributed by atoms with E-state index in [2.05, 4.69) is 55.5 Å². The molecule has 142 valence electrons. The Hall–Kier alpha value is -3.19. The van der Waals surface area contributed by atoms with Gasteiger partial charge in [-0.05, 0) is 31.0 Å². The van der Waals surface area contributed by atoms with Crippen molar-refractivity contribution in [2.24, 2.45) is 12.8 Å². The molecule has 4 heterocycles. The first kappa shape index (κ1) is 16.9. The highest BCUT2D eigenvalue weighted by molar-refractivity contribution is 5.94. The van der Waals surface area contributed by atoms with Gasteiger partial charge in [0.2, 0.25) is 0 Å². The fourth-order valence-corrected chi connectivity index (χ4v) is 3.94. The Morgan fingerprint density at radius 3 is 2.93 bits per heavy atom. The van der Waals surface area contributed by atoms with Crippen LogP contribution in [0.25, 0.3) is 33.4 Å². The van der Waals surface area contributed by atoms with Crippen LogP contribution < -0.4 is 10.6 Å². The van der Waals surface area contributed by atoms with Gasteiger partial charge in [0.05, 0.1) is 23.6 Å². The van der Waals surface area contributed by atoms with E-state index in [0.717, 1.165) is 59.3 Å². The molecule has 28 heavy (non-hydrogen) atoms. The molecule has 7 nitrogen and oxygen atoms in total. The highest BCUT2D eigenvalue weighted by Gasteiger charge is 2.18. The average Bonchev–Trinajstić information content (AvgIpc) is 3.34. The van der Waals surface area contributed by atoms with Gasteiger partial charge in [0.15, 0.2) is 0 Å². The number of hydrogen-bond donors (Lipinski definition) is 2. The van der Waals surface area contributed by atoms with E-state index in [4.69, 9.17) is 5.73 Å². The van der Waals surface area contributed by atoms with E-state index < -0.39 is 0 Å². The first-order valence-electron chi connectivity index (χ1n) is 9.61. The monoisotopic (exact) mass is 373 g/mol. The maximum absolute atomic E-state index is 6.17. The third-order valence-electron chi connectivity index (χ3n) is 5.39. The molecule has 0 radical (unpaired) electrons. The van der Waals surface area contributed by atoms with Gasteiger partial charge >= 0.3 is 0 Å². The van der Waals surface area contributed by atoms with Crippen LogP contribution in [0.4, 0.5) is 5.69 Å². The van der Waals surface area contributed by atoms with E-state index in [9.17, 15) is 0 Å². The van der Waals surface area contributed by atoms with E-state index >= 15 is 0 Å². The lowest BCUT2D eigenvalue weighted by atomic mass is 10.0. The smallest absolute Gasteiger partial charge is 0.100 e. The zero-order valence-corrected chi connectivity index (χ0v) is 15.8. The van der Waals surface area contributed by atoms with Crippen LogP contribution in [0.15, 0.2) is 48.9 Å². The summed E-state index contributed by atoms with van der Waals surface area (Å²) in [7, 11) is 1.91. The first-order chi connectivity index (χ1) is 13.7. The molecular formula is C21H23N7. The fraction of sp³-hybridized carbons (Fsp3) is 0.286. The quantitative estimate of drug-likeness (QED) is 0.576. The molecule has 0 saturated carbocycles. The minimum absolute atomic E-state index is 0.247. The Morgan fingerprint density at radius 1 is 1.18 bits per heavy atom. The molecule has 5 rings (SSSR count). The van der Waals surface area contributed by atoms with Gasteiger partial charge in [-0.3, -0.25) is 14.8 Å². The van der Waals surface area contributed by atoms with Crippen LogP contribution in [0.2, 0.25) is 0 Å². The van der Waals surface area contributed by atoms with Gasteiger partial charge in [0.25, 0.3) is 0 Å². The molecule has 3 N–H and O–H groups in total. The molecule has 1 fully saturated rings. The number of rotatable bonds is 3. The van der Waals surface area contributed by atoms with Crippen LogP contribution in [-0.4, -0.2) is 44.1 Å². The molecule has 0 spiro atoms. The number of aromatic amines is 1. The number of nitrogens with two attached hydrogens (primary N) is 1. The normalized spacial score (nSPS) is 17.4. The van der Waals surface area contributed by atoms with Gasteiger partial charge in [0.1, 0.15) is 5.69 Å². The Labute approximate surface area is 163 Å². The number of H-pyrrole nitrogens is 1. The number of pyridine rings is 1. The molecule has 3 aromatic heterocycles. The zero-order chi connectivity index (χ0) is 19.1. The van der Waals surface area contributed by atoms with Crippen molar-refractivity contribution in [1.29, 1.82) is 0 Å². The molecule has 0 amide bonds. The fourth-order valence-electron chi connectivity index (χ4n) is 3.94. The van der Waals surface area contributed by atoms with Gasteiger partial charge in [-0.25, -0.2) is 0 Å². The van der Waals surface area contributed by atoms with Crippen LogP contribution in [0.5, 0.6) is 0 Å². The zero-order valence-electron chi connectivity index (χ0n) is 15.8. The van der Waals surface area contributed by atoms with Crippen molar-refractivity contribution in [1.82, 2.24) is 25.0 Å². The van der Waals surface area contributed by atoms with Crippen molar-refractivity contribution in [2.45, 2.75) is 18.9 Å². The maximum Gasteiger partial charge on any atom is 0.100 e. The van der Waals surface area contributed by atoms with Gasteiger partial charge < -0.3 is 10.6 Å². The summed E-state index contributed by atoms with van der Waals surface area (Å²) in [5.41, 5.74) is 12.2. The van der Waals surface area contributed by atoms with Gasteiger partial charge in [0, 0.05) is 54.6 Å². The second kappa shape index (κ2) is 6.76. The Bertz CT molecular complexity index is 1130. The highest BCUT2D eigenvalue weighted by Crippen LogP contribution is 2.31. The second-order valence-corrected chi connectivity index (χ2v) is 7.49. The number of nitrogens with zero attached hydrogens (tertiary/aromatic N) is 5. The SMILES string of the molecule is Cn1cc(-c2cc3c(-c4cccc(N5CCC[C@@H](N)C5)c4)n[nH]c3cn2)cn1. The summed E-state index contributed by atoms with van der Waals surface area (Å²) in [4.78, 5) is 6.92. The van der Waals surface area contributed by atoms with E-state index in [1.165, 1.54) is 5.69 Å². The van der Waals surface area contributed by atoms with Crippen molar-refractivity contribution >= 4 is 16.6 Å². The van der Waals surface area contributed by atoms with E-state index in [0.29, 0.717) is 0 Å². The molecule has 0 aliphatic carbocycles. The third-order valence-corrected chi connectivity index (χ3v) is 5.39. The molecule has 0 unspecified atom stereocenters. The summed E-state index contributed by atoms with van der Waals surface area (Å²) >= 11 is 0. The van der Waals surface area contributed by atoms with Crippen LogP contribution in [0.3, 0.4) is 0 Å². The summed E-state index contributed by atoms with van der Waals surface area (Å²) in [6, 6.07) is 10.9. The van der Waals surface area contributed by atoms with Crippen molar-refractivity contribution in [3.05, 3.63) is 48.9 Å². The number of nitrogens with one attached hydrogen (secondary N) is 1. The van der Waals surface area contributed by atoms with Crippen molar-refractivity contribution < 1.29 is 0 Å². The Balaban J connectivity index is 1.55. The number of hydrogen-bond acceptors (Lipinski definition) is 5. The lowest BCUT2D eigenvalue weighted by molar-refractivity contribution is 0.506. The molecule has 1 atom stereocenters. The molecular weight excluding hydrogens is 350 g/mol. The summed E-state index contributed by atoms with van der Waals surface area (Å²) < 4.78 is 1.78. The van der Waals surface area contributed by atoms with Gasteiger partial charge in [-0.15, -0.1) is 0 Å². The summed E-state index contributed by atoms with van der Waals surface area (Å²) in [5, 5.41) is 13.0. The van der Waals surface area contributed by atoms with Gasteiger partial charge in [-0.2, -0.15) is 10.2 Å². The first-order valence-corrected chi connectivity index (χ1v) is 9.61. The lowest BCUT2D eigenvalue weighted by Gasteiger charge is -2.32. The summed E-state index contributed by atoms with van der Waals surface area (Å²) in [6.45, 7) is 1.95. The van der Waals surface area contributed by atoms with E-state index in [1.54, 1.807) is 4.68 Å². The molecule has 1 aliphatic heterocycles. The molecule has 7 heteroatoms. The number of piperidine rings is 1. The van der Waals surface area contributed by atoms with E-state index in [1.807, 2.05) is 25.6 Å². The standard InChI is InChI=1S/C21H23N7/c1-27-12-15(10-24-27)19-9-18-20(11-23-19)25-26-21(18)14-4-2-6-17(8-14)28-7-3-5-16(22)13-28/h2,4,6,8-12,16H,3,5,7,13,22H2,1H3,(H,25,26)/t16-/m1/s1. The molecule has 4 aromatic rings. The van der Waals surface area contributed by atoms with Crippen LogP contribution in [0, 0.1) is 0 Å². The molecule has 1 saturated heterocycles. The van der Waals surface area contributed by atoms with Crippen molar-refractivity contribution in [2.75, 3.05) is 18.0 Å². The minimum Gasteiger partial charge on any atom is -0.370 e. The number of anilines is 1. The highest BCUT2D eigenvalue weighted by atomic mass is 15.2. The second-order valence-electron chi connectivity index (χ2n) is 7.49. The third kappa shape index (κ3) is 3.03. The molecule has 0 bridgehead atoms. The van der Waals surface area contributed by atoms with Crippen LogP contribution >= 0.6 is 0 Å². The minimum atomic E-state index is 0.247. The Morgan fingerprint density at radius 2 is 2.11 bits per heavy atom. The number of aromatic nitrogens is 5. The molecule has 1 aromatic carbocycles. The lowest BCUT2D eigenvalue weighted by Crippen LogP contribution is -2.42. The van der Waals surface area contributed by atoms with Crippen LogP contribution in [0.1, 0.15) is 12.8 Å². The molecule has 1 aliphatic rings. The number of benzene rings is 1. The number of aryl methyl sites for hydroxylation is 1. The van der Waals surface area contributed by atoms with Gasteiger partial charge in [-0.1, -0.05) is 12.1 Å². The van der Waals surface area contributed by atoms with Crippen molar-refractivity contribution in [3.8, 4) is 22.5 Å². The van der Waals surface area contributed by atoms with Crippen LogP contribution in [-0.2, 0) is 7.05 Å². The summed E-state index contributed by atoms with van der Waals surface area (Å²) in [6.07, 6.45) is 7.87. The van der Waals surface area contributed by atoms with Crippen molar-refractivity contribution in [3.63, 3.8) is 0 Å². The Kier molecular flexibility index (Phi) is 4.09. The topological polar surface area (TPSA) is 88.6 Å². The predicted octanol–water partition coefficient (Wildman–Crippen LogP) is 2.95. The summed E-state index contributed by atoms with van der Waals surface area (Å²) in [5.74, 6) is 0. The maximum atomic E-state index is 6.17. The number of fused-ring (bicyclic) bond motifs is 1.